The van der Waals surface area contributed by atoms with E-state index in [1.807, 2.05) is 23.1 Å². The molecule has 0 atom stereocenters. The molecule has 0 spiro atoms. The van der Waals surface area contributed by atoms with Crippen LogP contribution in [0.15, 0.2) is 71.2 Å². The maximum atomic E-state index is 13.7. The third-order valence-electron chi connectivity index (χ3n) is 6.85. The Morgan fingerprint density at radius 1 is 0.865 bits per heavy atom. The molecule has 0 saturated heterocycles. The van der Waals surface area contributed by atoms with Crippen molar-refractivity contribution in [3.8, 4) is 11.5 Å². The Labute approximate surface area is 227 Å². The number of nitrogens with one attached hydrogen (secondary N) is 1. The second-order valence-electron chi connectivity index (χ2n) is 9.67. The van der Waals surface area contributed by atoms with Gasteiger partial charge in [-0.3, -0.25) is 9.69 Å². The SMILES string of the molecule is O=C(Cc1ccc2c(c1)OCCCO2)N1CCN(Cc2ccccc2)CCCNc2ccc(Br)cc2C1. The molecule has 1 amide bonds. The van der Waals surface area contributed by atoms with Crippen LogP contribution in [0.4, 0.5) is 5.69 Å². The van der Waals surface area contributed by atoms with Gasteiger partial charge in [0.05, 0.1) is 19.6 Å². The Hall–Kier alpha value is -3.03. The van der Waals surface area contributed by atoms with Gasteiger partial charge in [-0.25, -0.2) is 0 Å². The first-order valence-corrected chi connectivity index (χ1v) is 13.9. The Morgan fingerprint density at radius 2 is 1.70 bits per heavy atom. The van der Waals surface area contributed by atoms with Crippen molar-refractivity contribution in [1.82, 2.24) is 9.80 Å². The molecular formula is C30H34BrN3O3. The van der Waals surface area contributed by atoms with E-state index in [0.29, 0.717) is 32.7 Å². The third-order valence-corrected chi connectivity index (χ3v) is 7.34. The molecule has 0 unspecified atom stereocenters. The van der Waals surface area contributed by atoms with Crippen LogP contribution in [-0.4, -0.2) is 55.1 Å². The van der Waals surface area contributed by atoms with E-state index < -0.39 is 0 Å². The van der Waals surface area contributed by atoms with Crippen LogP contribution in [0.3, 0.4) is 0 Å². The molecule has 3 aromatic carbocycles. The van der Waals surface area contributed by atoms with Gasteiger partial charge in [0.15, 0.2) is 11.5 Å². The molecule has 0 aromatic heterocycles. The van der Waals surface area contributed by atoms with Crippen LogP contribution in [0.25, 0.3) is 0 Å². The normalized spacial score (nSPS) is 16.6. The number of halogens is 1. The zero-order valence-electron chi connectivity index (χ0n) is 21.1. The monoisotopic (exact) mass is 563 g/mol. The van der Waals surface area contributed by atoms with E-state index in [1.54, 1.807) is 0 Å². The minimum atomic E-state index is 0.110. The summed E-state index contributed by atoms with van der Waals surface area (Å²) in [5.41, 5.74) is 4.45. The number of amides is 1. The standard InChI is InChI=1S/C30H34BrN3O3/c31-26-9-10-27-25(20-26)22-34(15-14-33(13-4-12-32-27)21-23-6-2-1-3-7-23)30(35)19-24-8-11-28-29(18-24)37-17-5-16-36-28/h1-3,6-11,18,20,32H,4-5,12-17,19,21-22H2. The van der Waals surface area contributed by atoms with Crippen molar-refractivity contribution in [3.63, 3.8) is 0 Å². The van der Waals surface area contributed by atoms with E-state index in [9.17, 15) is 4.79 Å². The lowest BCUT2D eigenvalue weighted by molar-refractivity contribution is -0.131. The van der Waals surface area contributed by atoms with Crippen LogP contribution in [0.1, 0.15) is 29.5 Å². The number of anilines is 1. The Kier molecular flexibility index (Phi) is 8.64. The van der Waals surface area contributed by atoms with E-state index in [-0.39, 0.29) is 5.91 Å². The molecule has 0 radical (unpaired) electrons. The summed E-state index contributed by atoms with van der Waals surface area (Å²) in [5, 5.41) is 3.61. The van der Waals surface area contributed by atoms with E-state index in [2.05, 4.69) is 74.7 Å². The van der Waals surface area contributed by atoms with Gasteiger partial charge in [-0.15, -0.1) is 0 Å². The van der Waals surface area contributed by atoms with E-state index in [4.69, 9.17) is 9.47 Å². The molecule has 5 rings (SSSR count). The molecule has 2 aliphatic rings. The summed E-state index contributed by atoms with van der Waals surface area (Å²) in [5.74, 6) is 1.59. The summed E-state index contributed by atoms with van der Waals surface area (Å²) in [6.45, 7) is 6.08. The first-order valence-electron chi connectivity index (χ1n) is 13.1. The summed E-state index contributed by atoms with van der Waals surface area (Å²) in [7, 11) is 0. The lowest BCUT2D eigenvalue weighted by Gasteiger charge is -2.28. The van der Waals surface area contributed by atoms with Gasteiger partial charge in [-0.2, -0.15) is 0 Å². The minimum Gasteiger partial charge on any atom is -0.490 e. The molecule has 0 saturated carbocycles. The Balaban J connectivity index is 1.36. The molecule has 7 heteroatoms. The Bertz CT molecular complexity index is 1200. The number of hydrogen-bond donors (Lipinski definition) is 1. The van der Waals surface area contributed by atoms with Crippen molar-refractivity contribution in [3.05, 3.63) is 87.9 Å². The number of fused-ring (bicyclic) bond motifs is 2. The number of carbonyl (C=O) groups excluding carboxylic acids is 1. The molecule has 2 heterocycles. The van der Waals surface area contributed by atoms with Gasteiger partial charge in [0, 0.05) is 55.8 Å². The number of nitrogens with zero attached hydrogens (tertiary/aromatic N) is 2. The average Bonchev–Trinajstić information content (AvgIpc) is 3.16. The number of hydrogen-bond acceptors (Lipinski definition) is 5. The summed E-state index contributed by atoms with van der Waals surface area (Å²) in [6.07, 6.45) is 2.22. The second kappa shape index (κ2) is 12.5. The predicted octanol–water partition coefficient (Wildman–Crippen LogP) is 5.50. The number of rotatable bonds is 4. The quantitative estimate of drug-likeness (QED) is 0.454. The second-order valence-corrected chi connectivity index (χ2v) is 10.6. The first-order chi connectivity index (χ1) is 18.1. The van der Waals surface area contributed by atoms with Crippen LogP contribution < -0.4 is 14.8 Å². The van der Waals surface area contributed by atoms with Crippen molar-refractivity contribution >= 4 is 27.5 Å². The highest BCUT2D eigenvalue weighted by Crippen LogP contribution is 2.31. The fourth-order valence-electron chi connectivity index (χ4n) is 4.87. The lowest BCUT2D eigenvalue weighted by atomic mass is 10.1. The van der Waals surface area contributed by atoms with Crippen LogP contribution in [-0.2, 0) is 24.3 Å². The minimum absolute atomic E-state index is 0.110. The molecule has 37 heavy (non-hydrogen) atoms. The smallest absolute Gasteiger partial charge is 0.227 e. The summed E-state index contributed by atoms with van der Waals surface area (Å²) >= 11 is 3.62. The zero-order valence-corrected chi connectivity index (χ0v) is 22.7. The fourth-order valence-corrected chi connectivity index (χ4v) is 5.28. The molecule has 1 N–H and O–H groups in total. The largest absolute Gasteiger partial charge is 0.490 e. The Morgan fingerprint density at radius 3 is 2.57 bits per heavy atom. The fraction of sp³-hybridized carbons (Fsp3) is 0.367. The van der Waals surface area contributed by atoms with Gasteiger partial charge in [-0.05, 0) is 53.4 Å². The van der Waals surface area contributed by atoms with Crippen molar-refractivity contribution < 1.29 is 14.3 Å². The zero-order chi connectivity index (χ0) is 25.5. The highest BCUT2D eigenvalue weighted by atomic mass is 79.9. The van der Waals surface area contributed by atoms with E-state index >= 15 is 0 Å². The molecule has 0 fully saturated rings. The topological polar surface area (TPSA) is 54.0 Å². The van der Waals surface area contributed by atoms with Crippen molar-refractivity contribution in [2.45, 2.75) is 32.4 Å². The molecule has 194 valence electrons. The first kappa shape index (κ1) is 25.6. The van der Waals surface area contributed by atoms with E-state index in [1.165, 1.54) is 5.56 Å². The van der Waals surface area contributed by atoms with Crippen LogP contribution in [0.2, 0.25) is 0 Å². The predicted molar refractivity (Wildman–Crippen MR) is 150 cm³/mol. The molecule has 0 aliphatic carbocycles. The summed E-state index contributed by atoms with van der Waals surface area (Å²) < 4.78 is 12.6. The van der Waals surface area contributed by atoms with Crippen molar-refractivity contribution in [2.24, 2.45) is 0 Å². The highest BCUT2D eigenvalue weighted by molar-refractivity contribution is 9.10. The van der Waals surface area contributed by atoms with Crippen molar-refractivity contribution in [2.75, 3.05) is 44.7 Å². The van der Waals surface area contributed by atoms with E-state index in [0.717, 1.165) is 71.8 Å². The van der Waals surface area contributed by atoms with Crippen molar-refractivity contribution in [1.29, 1.82) is 0 Å². The summed E-state index contributed by atoms with van der Waals surface area (Å²) in [6, 6.07) is 22.7. The van der Waals surface area contributed by atoms with Gasteiger partial charge in [0.2, 0.25) is 5.91 Å². The molecule has 3 aromatic rings. The van der Waals surface area contributed by atoms with Gasteiger partial charge in [0.25, 0.3) is 0 Å². The van der Waals surface area contributed by atoms with Gasteiger partial charge in [-0.1, -0.05) is 52.3 Å². The molecular weight excluding hydrogens is 530 g/mol. The number of ether oxygens (including phenoxy) is 2. The average molecular weight is 565 g/mol. The molecule has 2 aliphatic heterocycles. The van der Waals surface area contributed by atoms with Crippen LogP contribution >= 0.6 is 15.9 Å². The third kappa shape index (κ3) is 7.05. The van der Waals surface area contributed by atoms with Crippen LogP contribution in [0, 0.1) is 0 Å². The van der Waals surface area contributed by atoms with Gasteiger partial charge < -0.3 is 19.7 Å². The maximum absolute atomic E-state index is 13.7. The van der Waals surface area contributed by atoms with Gasteiger partial charge in [0.1, 0.15) is 0 Å². The lowest BCUT2D eigenvalue weighted by Crippen LogP contribution is -2.39. The summed E-state index contributed by atoms with van der Waals surface area (Å²) in [4.78, 5) is 18.2. The maximum Gasteiger partial charge on any atom is 0.227 e. The highest BCUT2D eigenvalue weighted by Gasteiger charge is 2.20. The molecule has 6 nitrogen and oxygen atoms in total. The van der Waals surface area contributed by atoms with Crippen LogP contribution in [0.5, 0.6) is 11.5 Å². The molecule has 0 bridgehead atoms. The van der Waals surface area contributed by atoms with Gasteiger partial charge >= 0.3 is 0 Å². The number of carbonyl (C=O) groups is 1. The number of benzene rings is 3.